The molecular formula is C18H24ClN7O2. The van der Waals surface area contributed by atoms with Gasteiger partial charge in [-0.15, -0.1) is 0 Å². The molecule has 7 N–H and O–H groups in total. The first-order valence-corrected chi connectivity index (χ1v) is 9.55. The van der Waals surface area contributed by atoms with Crippen LogP contribution in [0.2, 0.25) is 5.02 Å². The molecule has 1 aliphatic rings. The lowest BCUT2D eigenvalue weighted by Crippen LogP contribution is -2.29. The Morgan fingerprint density at radius 1 is 1.21 bits per heavy atom. The lowest BCUT2D eigenvalue weighted by Gasteiger charge is -2.26. The molecule has 150 valence electrons. The van der Waals surface area contributed by atoms with Gasteiger partial charge in [-0.25, -0.2) is 4.98 Å². The lowest BCUT2D eigenvalue weighted by atomic mass is 9.86. The van der Waals surface area contributed by atoms with Gasteiger partial charge in [0.1, 0.15) is 5.69 Å². The minimum absolute atomic E-state index is 0.0335. The average Bonchev–Trinajstić information content (AvgIpc) is 2.63. The predicted molar refractivity (Wildman–Crippen MR) is 110 cm³/mol. The van der Waals surface area contributed by atoms with Gasteiger partial charge in [-0.05, 0) is 55.4 Å². The maximum Gasteiger partial charge on any atom is 0.333 e. The monoisotopic (exact) mass is 405 g/mol. The molecule has 1 saturated carbocycles. The molecule has 1 fully saturated rings. The molecule has 2 aromatic rings. The van der Waals surface area contributed by atoms with Crippen molar-refractivity contribution in [3.8, 4) is 0 Å². The third-order valence-corrected chi connectivity index (χ3v) is 5.40. The van der Waals surface area contributed by atoms with Gasteiger partial charge in [0.2, 0.25) is 11.8 Å². The fourth-order valence-corrected chi connectivity index (χ4v) is 3.69. The molecule has 1 aliphatic carbocycles. The molecule has 10 heteroatoms. The third-order valence-electron chi connectivity index (χ3n) is 5.03. The van der Waals surface area contributed by atoms with Gasteiger partial charge in [0.05, 0.1) is 4.92 Å². The van der Waals surface area contributed by atoms with Crippen molar-refractivity contribution in [3.63, 3.8) is 0 Å². The van der Waals surface area contributed by atoms with Crippen molar-refractivity contribution < 1.29 is 4.92 Å². The van der Waals surface area contributed by atoms with E-state index >= 15 is 0 Å². The van der Waals surface area contributed by atoms with E-state index in [1.165, 1.54) is 0 Å². The second-order valence-electron chi connectivity index (χ2n) is 7.17. The van der Waals surface area contributed by atoms with Crippen molar-refractivity contribution in [2.75, 3.05) is 23.3 Å². The Labute approximate surface area is 167 Å². The SMILES string of the molecule is Nc1ccc(Cl)c(Cc2nc(N)nc(NCC3CCC(N)CC3)c2[N+](=O)[O-])c1. The summed E-state index contributed by atoms with van der Waals surface area (Å²) in [7, 11) is 0. The molecule has 0 atom stereocenters. The number of rotatable bonds is 6. The Kier molecular flexibility index (Phi) is 6.15. The molecule has 0 aliphatic heterocycles. The zero-order chi connectivity index (χ0) is 20.3. The van der Waals surface area contributed by atoms with Gasteiger partial charge in [-0.2, -0.15) is 4.98 Å². The van der Waals surface area contributed by atoms with Crippen LogP contribution >= 0.6 is 11.6 Å². The number of anilines is 3. The normalized spacial score (nSPS) is 19.4. The van der Waals surface area contributed by atoms with E-state index in [4.69, 9.17) is 28.8 Å². The van der Waals surface area contributed by atoms with E-state index < -0.39 is 4.92 Å². The van der Waals surface area contributed by atoms with Crippen LogP contribution < -0.4 is 22.5 Å². The molecule has 1 aromatic carbocycles. The molecule has 0 saturated heterocycles. The smallest absolute Gasteiger partial charge is 0.333 e. The summed E-state index contributed by atoms with van der Waals surface area (Å²) in [6, 6.07) is 5.23. The highest BCUT2D eigenvalue weighted by molar-refractivity contribution is 6.31. The van der Waals surface area contributed by atoms with Crippen molar-refractivity contribution in [2.24, 2.45) is 11.7 Å². The first kappa shape index (κ1) is 20.1. The number of nitrogen functional groups attached to an aromatic ring is 2. The van der Waals surface area contributed by atoms with E-state index in [1.807, 2.05) is 0 Å². The standard InChI is InChI=1S/C18H24ClN7O2/c19-14-6-5-13(21)7-11(14)8-15-16(26(27)28)17(25-18(22)24-15)23-9-10-1-3-12(20)4-2-10/h5-7,10,12H,1-4,8-9,20-21H2,(H3,22,23,24,25). The number of aromatic nitrogens is 2. The summed E-state index contributed by atoms with van der Waals surface area (Å²) < 4.78 is 0. The van der Waals surface area contributed by atoms with E-state index in [9.17, 15) is 10.1 Å². The van der Waals surface area contributed by atoms with Crippen molar-refractivity contribution in [1.82, 2.24) is 9.97 Å². The minimum Gasteiger partial charge on any atom is -0.399 e. The number of halogens is 1. The second-order valence-corrected chi connectivity index (χ2v) is 7.58. The van der Waals surface area contributed by atoms with Crippen molar-refractivity contribution >= 4 is 34.7 Å². The number of nitro groups is 1. The molecule has 0 unspecified atom stereocenters. The Morgan fingerprint density at radius 3 is 2.61 bits per heavy atom. The van der Waals surface area contributed by atoms with Crippen molar-refractivity contribution in [2.45, 2.75) is 38.1 Å². The highest BCUT2D eigenvalue weighted by atomic mass is 35.5. The largest absolute Gasteiger partial charge is 0.399 e. The first-order valence-electron chi connectivity index (χ1n) is 9.17. The number of hydrogen-bond donors (Lipinski definition) is 4. The molecule has 0 spiro atoms. The summed E-state index contributed by atoms with van der Waals surface area (Å²) in [4.78, 5) is 19.4. The highest BCUT2D eigenvalue weighted by Crippen LogP contribution is 2.32. The molecule has 0 radical (unpaired) electrons. The predicted octanol–water partition coefficient (Wildman–Crippen LogP) is 2.72. The number of nitrogens with two attached hydrogens (primary N) is 3. The Bertz CT molecular complexity index is 869. The maximum absolute atomic E-state index is 11.8. The summed E-state index contributed by atoms with van der Waals surface area (Å²) in [6.07, 6.45) is 4.00. The fourth-order valence-electron chi connectivity index (χ4n) is 3.50. The average molecular weight is 406 g/mol. The summed E-state index contributed by atoms with van der Waals surface area (Å²) in [5.41, 5.74) is 18.7. The van der Waals surface area contributed by atoms with Gasteiger partial charge in [0.15, 0.2) is 0 Å². The first-order chi connectivity index (χ1) is 13.3. The van der Waals surface area contributed by atoms with Crippen LogP contribution in [0.4, 0.5) is 23.1 Å². The number of benzene rings is 1. The van der Waals surface area contributed by atoms with Gasteiger partial charge < -0.3 is 22.5 Å². The molecule has 9 nitrogen and oxygen atoms in total. The molecule has 3 rings (SSSR count). The molecule has 0 bridgehead atoms. The minimum atomic E-state index is -0.492. The lowest BCUT2D eigenvalue weighted by molar-refractivity contribution is -0.385. The molecular weight excluding hydrogens is 382 g/mol. The fraction of sp³-hybridized carbons (Fsp3) is 0.444. The number of nitrogens with one attached hydrogen (secondary N) is 1. The number of nitrogens with zero attached hydrogens (tertiary/aromatic N) is 3. The van der Waals surface area contributed by atoms with Gasteiger partial charge in [0.25, 0.3) is 0 Å². The van der Waals surface area contributed by atoms with Crippen LogP contribution in [0.1, 0.15) is 36.9 Å². The second kappa shape index (κ2) is 8.57. The third kappa shape index (κ3) is 4.79. The molecule has 28 heavy (non-hydrogen) atoms. The van der Waals surface area contributed by atoms with Crippen molar-refractivity contribution in [3.05, 3.63) is 44.6 Å². The Hall–Kier alpha value is -2.65. The van der Waals surface area contributed by atoms with Gasteiger partial charge in [-0.3, -0.25) is 10.1 Å². The number of hydrogen-bond acceptors (Lipinski definition) is 8. The van der Waals surface area contributed by atoms with Gasteiger partial charge in [-0.1, -0.05) is 11.6 Å². The Balaban J connectivity index is 1.86. The summed E-state index contributed by atoms with van der Waals surface area (Å²) in [5, 5.41) is 15.3. The molecule has 0 amide bonds. The van der Waals surface area contributed by atoms with Crippen LogP contribution in [0.25, 0.3) is 0 Å². The van der Waals surface area contributed by atoms with Crippen LogP contribution in [-0.4, -0.2) is 27.5 Å². The summed E-state index contributed by atoms with van der Waals surface area (Å²) in [6.45, 7) is 0.572. The Morgan fingerprint density at radius 2 is 1.93 bits per heavy atom. The summed E-state index contributed by atoms with van der Waals surface area (Å²) >= 11 is 6.21. The molecule has 1 heterocycles. The maximum atomic E-state index is 11.8. The van der Waals surface area contributed by atoms with Crippen LogP contribution in [0, 0.1) is 16.0 Å². The molecule has 1 aromatic heterocycles. The van der Waals surface area contributed by atoms with E-state index in [2.05, 4.69) is 15.3 Å². The highest BCUT2D eigenvalue weighted by Gasteiger charge is 2.26. The van der Waals surface area contributed by atoms with Crippen LogP contribution in [0.3, 0.4) is 0 Å². The van der Waals surface area contributed by atoms with Crippen molar-refractivity contribution in [1.29, 1.82) is 0 Å². The van der Waals surface area contributed by atoms with E-state index in [0.717, 1.165) is 25.7 Å². The van der Waals surface area contributed by atoms with Crippen LogP contribution in [0.5, 0.6) is 0 Å². The zero-order valence-electron chi connectivity index (χ0n) is 15.4. The zero-order valence-corrected chi connectivity index (χ0v) is 16.2. The summed E-state index contributed by atoms with van der Waals surface area (Å²) in [5.74, 6) is 0.485. The van der Waals surface area contributed by atoms with Crippen LogP contribution in [0.15, 0.2) is 18.2 Å². The van der Waals surface area contributed by atoms with Gasteiger partial charge >= 0.3 is 5.69 Å². The quantitative estimate of drug-likeness (QED) is 0.324. The van der Waals surface area contributed by atoms with Crippen LogP contribution in [-0.2, 0) is 6.42 Å². The topological polar surface area (TPSA) is 159 Å². The van der Waals surface area contributed by atoms with E-state index in [1.54, 1.807) is 18.2 Å². The van der Waals surface area contributed by atoms with Gasteiger partial charge in [0, 0.05) is 29.7 Å². The van der Waals surface area contributed by atoms with E-state index in [-0.39, 0.29) is 35.6 Å². The van der Waals surface area contributed by atoms with E-state index in [0.29, 0.717) is 28.7 Å².